The van der Waals surface area contributed by atoms with Crippen molar-refractivity contribution in [1.82, 2.24) is 4.72 Å². The molecule has 0 amide bonds. The summed E-state index contributed by atoms with van der Waals surface area (Å²) >= 11 is 5.61. The average molecular weight is 374 g/mol. The molecule has 130 valence electrons. The number of halogens is 4. The predicted octanol–water partition coefficient (Wildman–Crippen LogP) is 3.28. The molecular formula is C13H15ClF3NO4S. The number of alkyl halides is 3. The first kappa shape index (κ1) is 19.7. The van der Waals surface area contributed by atoms with Crippen LogP contribution in [0.4, 0.5) is 13.2 Å². The minimum absolute atomic E-state index is 0.0938. The quantitative estimate of drug-likeness (QED) is 0.801. The highest BCUT2D eigenvalue weighted by Crippen LogP contribution is 2.36. The van der Waals surface area contributed by atoms with E-state index in [1.807, 2.05) is 0 Å². The van der Waals surface area contributed by atoms with Crippen LogP contribution in [0.25, 0.3) is 0 Å². The number of carboxylic acid groups (broad SMARTS) is 1. The van der Waals surface area contributed by atoms with Gasteiger partial charge >= 0.3 is 12.1 Å². The van der Waals surface area contributed by atoms with Crippen LogP contribution in [0.5, 0.6) is 0 Å². The largest absolute Gasteiger partial charge is 0.481 e. The molecule has 1 aromatic carbocycles. The van der Waals surface area contributed by atoms with Gasteiger partial charge in [0.15, 0.2) is 0 Å². The third-order valence-corrected chi connectivity index (χ3v) is 4.89. The van der Waals surface area contributed by atoms with Gasteiger partial charge in [0.25, 0.3) is 0 Å². The van der Waals surface area contributed by atoms with Gasteiger partial charge in [-0.1, -0.05) is 11.6 Å². The van der Waals surface area contributed by atoms with Crippen LogP contribution in [0, 0.1) is 0 Å². The molecule has 0 aromatic heterocycles. The van der Waals surface area contributed by atoms with Crippen molar-refractivity contribution in [3.63, 3.8) is 0 Å². The van der Waals surface area contributed by atoms with Crippen LogP contribution in [-0.4, -0.2) is 25.0 Å². The molecule has 0 unspecified atom stereocenters. The van der Waals surface area contributed by atoms with Crippen LogP contribution < -0.4 is 4.72 Å². The predicted molar refractivity (Wildman–Crippen MR) is 77.7 cm³/mol. The number of rotatable bonds is 6. The molecule has 0 atom stereocenters. The summed E-state index contributed by atoms with van der Waals surface area (Å²) in [6.45, 7) is 2.76. The van der Waals surface area contributed by atoms with Gasteiger partial charge in [0.1, 0.15) is 0 Å². The fourth-order valence-corrected chi connectivity index (χ4v) is 3.77. The number of aliphatic carboxylic acids is 1. The van der Waals surface area contributed by atoms with Crippen LogP contribution in [0.2, 0.25) is 5.02 Å². The number of nitrogens with one attached hydrogen (secondary N) is 1. The third-order valence-electron chi connectivity index (χ3n) is 2.91. The van der Waals surface area contributed by atoms with Crippen molar-refractivity contribution < 1.29 is 31.5 Å². The summed E-state index contributed by atoms with van der Waals surface area (Å²) in [6, 6.07) is 2.24. The van der Waals surface area contributed by atoms with Crippen molar-refractivity contribution in [2.24, 2.45) is 0 Å². The lowest BCUT2D eigenvalue weighted by Crippen LogP contribution is -2.44. The number of carbonyl (C=O) groups is 1. The first-order valence-electron chi connectivity index (χ1n) is 6.37. The Morgan fingerprint density at radius 3 is 2.35 bits per heavy atom. The van der Waals surface area contributed by atoms with Crippen LogP contribution in [0.3, 0.4) is 0 Å². The van der Waals surface area contributed by atoms with Crippen LogP contribution >= 0.6 is 11.6 Å². The van der Waals surface area contributed by atoms with Gasteiger partial charge < -0.3 is 5.11 Å². The zero-order valence-electron chi connectivity index (χ0n) is 12.2. The maximum absolute atomic E-state index is 13.0. The van der Waals surface area contributed by atoms with E-state index in [0.29, 0.717) is 12.1 Å². The van der Waals surface area contributed by atoms with E-state index in [9.17, 15) is 26.4 Å². The van der Waals surface area contributed by atoms with Crippen molar-refractivity contribution in [3.8, 4) is 0 Å². The number of carboxylic acids is 1. The van der Waals surface area contributed by atoms with Crippen molar-refractivity contribution >= 4 is 27.6 Å². The maximum atomic E-state index is 13.0. The van der Waals surface area contributed by atoms with E-state index in [-0.39, 0.29) is 17.9 Å². The summed E-state index contributed by atoms with van der Waals surface area (Å²) in [6.07, 6.45) is -5.31. The molecule has 23 heavy (non-hydrogen) atoms. The van der Waals surface area contributed by atoms with E-state index < -0.39 is 38.2 Å². The molecule has 0 aliphatic rings. The Morgan fingerprint density at radius 2 is 1.87 bits per heavy atom. The molecule has 1 aromatic rings. The Labute approximate surface area is 136 Å². The van der Waals surface area contributed by atoms with Gasteiger partial charge in [-0.15, -0.1) is 0 Å². The minimum atomic E-state index is -4.88. The van der Waals surface area contributed by atoms with E-state index in [1.165, 1.54) is 13.8 Å². The molecule has 5 nitrogen and oxygen atoms in total. The topological polar surface area (TPSA) is 83.5 Å². The highest BCUT2D eigenvalue weighted by atomic mass is 35.5. The monoisotopic (exact) mass is 373 g/mol. The molecule has 0 spiro atoms. The lowest BCUT2D eigenvalue weighted by atomic mass is 10.0. The molecule has 10 heteroatoms. The molecule has 0 aliphatic carbocycles. The molecule has 0 saturated heterocycles. The SMILES string of the molecule is CC(C)(CCC(=O)O)NS(=O)(=O)c1cc(Cl)ccc1C(F)(F)F. The molecule has 0 saturated carbocycles. The van der Waals surface area contributed by atoms with Gasteiger partial charge in [-0.3, -0.25) is 4.79 Å². The Balaban J connectivity index is 3.23. The fraction of sp³-hybridized carbons (Fsp3) is 0.462. The smallest absolute Gasteiger partial charge is 0.417 e. The molecule has 1 rings (SSSR count). The number of benzene rings is 1. The van der Waals surface area contributed by atoms with Gasteiger partial charge in [-0.05, 0) is 38.5 Å². The Bertz CT molecular complexity index is 702. The van der Waals surface area contributed by atoms with Crippen molar-refractivity contribution in [1.29, 1.82) is 0 Å². The minimum Gasteiger partial charge on any atom is -0.481 e. The zero-order chi connectivity index (χ0) is 18.1. The Morgan fingerprint density at radius 1 is 1.30 bits per heavy atom. The summed E-state index contributed by atoms with van der Waals surface area (Å²) < 4.78 is 65.6. The zero-order valence-corrected chi connectivity index (χ0v) is 13.8. The molecule has 0 heterocycles. The van der Waals surface area contributed by atoms with E-state index in [4.69, 9.17) is 16.7 Å². The standard InChI is InChI=1S/C13H15ClF3NO4S/c1-12(2,6-5-11(19)20)18-23(21,22)10-7-8(14)3-4-9(10)13(15,16)17/h3-4,7,18H,5-6H2,1-2H3,(H,19,20). The number of hydrogen-bond acceptors (Lipinski definition) is 3. The number of sulfonamides is 1. The second-order valence-electron chi connectivity index (χ2n) is 5.52. The summed E-state index contributed by atoms with van der Waals surface area (Å²) in [7, 11) is -4.55. The molecule has 0 aliphatic heterocycles. The van der Waals surface area contributed by atoms with E-state index in [0.717, 1.165) is 6.07 Å². The van der Waals surface area contributed by atoms with Crippen LogP contribution in [0.15, 0.2) is 23.1 Å². The van der Waals surface area contributed by atoms with E-state index >= 15 is 0 Å². The average Bonchev–Trinajstić information content (AvgIpc) is 2.34. The molecule has 0 radical (unpaired) electrons. The lowest BCUT2D eigenvalue weighted by Gasteiger charge is -2.26. The van der Waals surface area contributed by atoms with E-state index in [1.54, 1.807) is 0 Å². The second kappa shape index (κ2) is 6.66. The van der Waals surface area contributed by atoms with Crippen molar-refractivity contribution in [2.75, 3.05) is 0 Å². The van der Waals surface area contributed by atoms with Gasteiger partial charge in [0.05, 0.1) is 10.5 Å². The summed E-state index contributed by atoms with van der Waals surface area (Å²) in [5.74, 6) is -1.14. The van der Waals surface area contributed by atoms with Crippen molar-refractivity contribution in [3.05, 3.63) is 28.8 Å². The van der Waals surface area contributed by atoms with E-state index in [2.05, 4.69) is 4.72 Å². The molecule has 0 bridgehead atoms. The Hall–Kier alpha value is -1.32. The Kier molecular flexibility index (Phi) is 5.71. The molecule has 0 fully saturated rings. The summed E-state index contributed by atoms with van der Waals surface area (Å²) in [5, 5.41) is 8.47. The normalized spacial score (nSPS) is 13.1. The van der Waals surface area contributed by atoms with Gasteiger partial charge in [0, 0.05) is 17.0 Å². The highest BCUT2D eigenvalue weighted by molar-refractivity contribution is 7.89. The molecule has 2 N–H and O–H groups in total. The van der Waals surface area contributed by atoms with Gasteiger partial charge in [0.2, 0.25) is 10.0 Å². The second-order valence-corrected chi connectivity index (χ2v) is 7.61. The first-order valence-corrected chi connectivity index (χ1v) is 8.23. The third kappa shape index (κ3) is 5.67. The highest BCUT2D eigenvalue weighted by Gasteiger charge is 2.38. The lowest BCUT2D eigenvalue weighted by molar-refractivity contribution is -0.140. The summed E-state index contributed by atoms with van der Waals surface area (Å²) in [5.41, 5.74) is -2.59. The fourth-order valence-electron chi connectivity index (χ4n) is 1.84. The van der Waals surface area contributed by atoms with Crippen LogP contribution in [0.1, 0.15) is 32.3 Å². The van der Waals surface area contributed by atoms with Crippen molar-refractivity contribution in [2.45, 2.75) is 43.3 Å². The van der Waals surface area contributed by atoms with Gasteiger partial charge in [-0.2, -0.15) is 13.2 Å². The van der Waals surface area contributed by atoms with Gasteiger partial charge in [-0.25, -0.2) is 13.1 Å². The maximum Gasteiger partial charge on any atom is 0.417 e. The van der Waals surface area contributed by atoms with Crippen LogP contribution in [-0.2, 0) is 21.0 Å². The summed E-state index contributed by atoms with van der Waals surface area (Å²) in [4.78, 5) is 9.57. The first-order chi connectivity index (χ1) is 10.2. The number of hydrogen-bond donors (Lipinski definition) is 2. The molecular weight excluding hydrogens is 359 g/mol.